The molecular formula is C14H14CuN2O2. The summed E-state index contributed by atoms with van der Waals surface area (Å²) in [4.78, 5) is 11.8. The number of rotatable bonds is 0. The molecule has 0 unspecified atom stereocenters. The zero-order valence-electron chi connectivity index (χ0n) is 10.9. The maximum atomic E-state index is 11.8. The molecule has 19 heavy (non-hydrogen) atoms. The largest absolute Gasteiger partial charge is 2.00 e. The Kier molecular flexibility index (Phi) is 6.34. The van der Waals surface area contributed by atoms with Crippen LogP contribution in [-0.2, 0) is 21.8 Å². The van der Waals surface area contributed by atoms with Gasteiger partial charge in [0.25, 0.3) is 0 Å². The fraction of sp³-hybridized carbons (Fsp3) is 0.286. The Bertz CT molecular complexity index is 567. The normalized spacial score (nSPS) is 9.95. The number of benzene rings is 1. The van der Waals surface area contributed by atoms with Gasteiger partial charge in [0, 0.05) is 0 Å². The van der Waals surface area contributed by atoms with Gasteiger partial charge >= 0.3 is 23.2 Å². The summed E-state index contributed by atoms with van der Waals surface area (Å²) < 4.78 is 6.69. The van der Waals surface area contributed by atoms with Gasteiger partial charge in [-0.2, -0.15) is 0 Å². The van der Waals surface area contributed by atoms with Gasteiger partial charge < -0.3 is 21.1 Å². The maximum Gasteiger partial charge on any atom is 2.00 e. The van der Waals surface area contributed by atoms with Gasteiger partial charge in [0.05, 0.1) is 5.60 Å². The molecule has 1 heterocycles. The summed E-state index contributed by atoms with van der Waals surface area (Å²) >= 11 is 0. The predicted molar refractivity (Wildman–Crippen MR) is 67.4 cm³/mol. The summed E-state index contributed by atoms with van der Waals surface area (Å²) in [6.45, 7) is 10.3. The SMILES string of the molecule is CC(C)(C)OC(=O)n1[c-]cc2ccccc21.[C-]#N.[Cu+2]. The number of carbonyl (C=O) groups is 1. The van der Waals surface area contributed by atoms with E-state index in [2.05, 4.69) is 6.20 Å². The van der Waals surface area contributed by atoms with Crippen molar-refractivity contribution in [2.75, 3.05) is 0 Å². The Labute approximate surface area is 123 Å². The van der Waals surface area contributed by atoms with Gasteiger partial charge in [0.1, 0.15) is 0 Å². The molecule has 1 aromatic heterocycles. The van der Waals surface area contributed by atoms with Gasteiger partial charge in [-0.3, -0.25) is 4.79 Å². The van der Waals surface area contributed by atoms with Crippen molar-refractivity contribution >= 4 is 17.0 Å². The first-order valence-electron chi connectivity index (χ1n) is 5.41. The van der Waals surface area contributed by atoms with Crippen molar-refractivity contribution in [2.24, 2.45) is 0 Å². The summed E-state index contributed by atoms with van der Waals surface area (Å²) in [7, 11) is 0. The van der Waals surface area contributed by atoms with Crippen molar-refractivity contribution in [1.29, 1.82) is 5.26 Å². The summed E-state index contributed by atoms with van der Waals surface area (Å²) in [5.41, 5.74) is 0.327. The second kappa shape index (κ2) is 6.98. The first kappa shape index (κ1) is 17.2. The molecule has 0 amide bonds. The van der Waals surface area contributed by atoms with Crippen molar-refractivity contribution in [3.8, 4) is 0 Å². The van der Waals surface area contributed by atoms with Crippen LogP contribution in [0.1, 0.15) is 20.8 Å². The molecule has 0 saturated carbocycles. The average molecular weight is 306 g/mol. The molecule has 0 atom stereocenters. The standard InChI is InChI=1S/C13H14NO2.CN.Cu/c1-13(2,3)16-12(15)14-9-8-10-6-4-5-7-11(10)14;1-2;/h4-8H,1-3H3;;/q2*-1;+2. The van der Waals surface area contributed by atoms with E-state index < -0.39 is 11.7 Å². The van der Waals surface area contributed by atoms with E-state index in [9.17, 15) is 4.79 Å². The molecule has 0 aliphatic carbocycles. The molecule has 0 N–H and O–H groups in total. The molecule has 4 nitrogen and oxygen atoms in total. The number of hydrogen-bond acceptors (Lipinski definition) is 3. The van der Waals surface area contributed by atoms with Gasteiger partial charge in [0.2, 0.25) is 0 Å². The maximum absolute atomic E-state index is 11.8. The smallest absolute Gasteiger partial charge is 0.512 e. The van der Waals surface area contributed by atoms with Crippen LogP contribution >= 0.6 is 0 Å². The predicted octanol–water partition coefficient (Wildman–Crippen LogP) is 3.32. The molecule has 103 valence electrons. The monoisotopic (exact) mass is 305 g/mol. The molecule has 2 rings (SSSR count). The fourth-order valence-electron chi connectivity index (χ4n) is 1.48. The van der Waals surface area contributed by atoms with E-state index in [1.807, 2.05) is 45.0 Å². The van der Waals surface area contributed by atoms with Gasteiger partial charge in [-0.1, -0.05) is 29.9 Å². The minimum atomic E-state index is -0.490. The van der Waals surface area contributed by atoms with Crippen LogP contribution in [0.25, 0.3) is 10.9 Å². The van der Waals surface area contributed by atoms with Gasteiger partial charge in [0.15, 0.2) is 0 Å². The van der Waals surface area contributed by atoms with Gasteiger partial charge in [-0.15, -0.1) is 17.5 Å². The van der Waals surface area contributed by atoms with Crippen molar-refractivity contribution in [3.05, 3.63) is 43.1 Å². The molecule has 0 fully saturated rings. The molecule has 1 aromatic carbocycles. The number of fused-ring (bicyclic) bond motifs is 1. The van der Waals surface area contributed by atoms with Crippen LogP contribution in [0, 0.1) is 18.0 Å². The van der Waals surface area contributed by atoms with Crippen LogP contribution in [0.15, 0.2) is 30.3 Å². The van der Waals surface area contributed by atoms with Crippen LogP contribution < -0.4 is 0 Å². The number of carbonyl (C=O) groups excluding carboxylic acids is 1. The molecule has 0 aliphatic heterocycles. The first-order chi connectivity index (χ1) is 8.47. The summed E-state index contributed by atoms with van der Waals surface area (Å²) in [6, 6.07) is 9.40. The van der Waals surface area contributed by atoms with Crippen molar-refractivity contribution in [3.63, 3.8) is 0 Å². The van der Waals surface area contributed by atoms with E-state index in [4.69, 9.17) is 16.6 Å². The number of aromatic nitrogens is 1. The Morgan fingerprint density at radius 2 is 1.89 bits per heavy atom. The molecule has 1 radical (unpaired) electrons. The second-order valence-corrected chi connectivity index (χ2v) is 4.65. The van der Waals surface area contributed by atoms with E-state index in [0.717, 1.165) is 10.9 Å². The Morgan fingerprint density at radius 3 is 2.47 bits per heavy atom. The first-order valence-corrected chi connectivity index (χ1v) is 5.41. The summed E-state index contributed by atoms with van der Waals surface area (Å²) in [5.74, 6) is 0. The van der Waals surface area contributed by atoms with Crippen LogP contribution in [0.2, 0.25) is 0 Å². The number of hydrogen-bond donors (Lipinski definition) is 0. The molecule has 0 saturated heterocycles. The molecular weight excluding hydrogens is 292 g/mol. The van der Waals surface area contributed by atoms with Crippen LogP contribution in [0.3, 0.4) is 0 Å². The van der Waals surface area contributed by atoms with E-state index in [1.54, 1.807) is 6.07 Å². The quantitative estimate of drug-likeness (QED) is 0.554. The Hall–Kier alpha value is -1.76. The molecule has 5 heteroatoms. The van der Waals surface area contributed by atoms with Crippen LogP contribution in [0.5, 0.6) is 0 Å². The number of ether oxygens (including phenoxy) is 1. The van der Waals surface area contributed by atoms with E-state index in [1.165, 1.54) is 4.57 Å². The van der Waals surface area contributed by atoms with Crippen molar-refractivity contribution in [2.45, 2.75) is 26.4 Å². The third-order valence-electron chi connectivity index (χ3n) is 2.10. The van der Waals surface area contributed by atoms with Crippen molar-refractivity contribution < 1.29 is 26.6 Å². The summed E-state index contributed by atoms with van der Waals surface area (Å²) in [5, 5.41) is 7.23. The third-order valence-corrected chi connectivity index (χ3v) is 2.10. The Morgan fingerprint density at radius 1 is 1.32 bits per heavy atom. The molecule has 0 aliphatic rings. The van der Waals surface area contributed by atoms with Crippen LogP contribution in [0.4, 0.5) is 4.79 Å². The molecule has 2 aromatic rings. The van der Waals surface area contributed by atoms with Gasteiger partial charge in [-0.25, -0.2) is 0 Å². The average Bonchev–Trinajstić information content (AvgIpc) is 2.73. The fourth-order valence-corrected chi connectivity index (χ4v) is 1.48. The Balaban J connectivity index is 0.00000103. The van der Waals surface area contributed by atoms with Crippen molar-refractivity contribution in [1.82, 2.24) is 4.57 Å². The minimum absolute atomic E-state index is 0. The van der Waals surface area contributed by atoms with Gasteiger partial charge in [-0.05, 0) is 20.8 Å². The molecule has 0 spiro atoms. The summed E-state index contributed by atoms with van der Waals surface area (Å²) in [6.07, 6.45) is 2.48. The zero-order chi connectivity index (χ0) is 13.8. The van der Waals surface area contributed by atoms with E-state index >= 15 is 0 Å². The second-order valence-electron chi connectivity index (χ2n) is 4.65. The third kappa shape index (κ3) is 4.44. The minimum Gasteiger partial charge on any atom is -0.512 e. The zero-order valence-corrected chi connectivity index (χ0v) is 11.8. The number of nitrogens with zero attached hydrogens (tertiary/aromatic N) is 2. The topological polar surface area (TPSA) is 55.0 Å². The van der Waals surface area contributed by atoms with Crippen LogP contribution in [-0.4, -0.2) is 16.3 Å². The van der Waals surface area contributed by atoms with E-state index in [-0.39, 0.29) is 17.1 Å². The molecule has 0 bridgehead atoms. The number of para-hydroxylation sites is 1. The van der Waals surface area contributed by atoms with E-state index in [0.29, 0.717) is 0 Å².